The molecule has 0 spiro atoms. The molecule has 0 saturated carbocycles. The summed E-state index contributed by atoms with van der Waals surface area (Å²) in [5, 5.41) is 2.84. The summed E-state index contributed by atoms with van der Waals surface area (Å²) in [6.07, 6.45) is 3.67. The van der Waals surface area contributed by atoms with Gasteiger partial charge in [-0.1, -0.05) is 30.3 Å². The lowest BCUT2D eigenvalue weighted by atomic mass is 10.0. The van der Waals surface area contributed by atoms with Crippen molar-refractivity contribution in [1.82, 2.24) is 15.2 Å². The van der Waals surface area contributed by atoms with Gasteiger partial charge in [0, 0.05) is 62.7 Å². The summed E-state index contributed by atoms with van der Waals surface area (Å²) < 4.78 is 5.89. The summed E-state index contributed by atoms with van der Waals surface area (Å²) in [7, 11) is 2.17. The van der Waals surface area contributed by atoms with E-state index in [2.05, 4.69) is 58.6 Å². The number of anilines is 1. The second-order valence-corrected chi connectivity index (χ2v) is 8.67. The Balaban J connectivity index is 1.37. The molecule has 168 valence electrons. The zero-order chi connectivity index (χ0) is 22.8. The average Bonchev–Trinajstić information content (AvgIpc) is 3.27. The molecule has 1 amide bonds. The standard InChI is InChI=1S/C27H28N4O2/c1-19(32)28-16-20-4-3-5-22(14-20)25-18-33-26-15-23(17-29-27(25)26)21-6-8-24(9-7-21)31-12-10-30(2)11-13-31/h3-9,14-15,17-18H,10-13,16H2,1-2H3,(H,28,32). The van der Waals surface area contributed by atoms with Gasteiger partial charge in [0.2, 0.25) is 5.91 Å². The van der Waals surface area contributed by atoms with Crippen LogP contribution in [0.3, 0.4) is 0 Å². The molecule has 1 saturated heterocycles. The highest BCUT2D eigenvalue weighted by Gasteiger charge is 2.15. The predicted octanol–water partition coefficient (Wildman–Crippen LogP) is 4.55. The van der Waals surface area contributed by atoms with Gasteiger partial charge in [-0.3, -0.25) is 9.78 Å². The third-order valence-electron chi connectivity index (χ3n) is 6.26. The molecular weight excluding hydrogens is 412 g/mol. The van der Waals surface area contributed by atoms with Gasteiger partial charge in [-0.2, -0.15) is 0 Å². The van der Waals surface area contributed by atoms with Crippen molar-refractivity contribution >= 4 is 22.7 Å². The molecule has 4 aromatic rings. The number of hydrogen-bond donors (Lipinski definition) is 1. The van der Waals surface area contributed by atoms with Gasteiger partial charge >= 0.3 is 0 Å². The maximum atomic E-state index is 11.2. The van der Waals surface area contributed by atoms with Gasteiger partial charge in [0.1, 0.15) is 11.8 Å². The van der Waals surface area contributed by atoms with Crippen LogP contribution in [0, 0.1) is 0 Å². The number of benzene rings is 2. The fourth-order valence-electron chi connectivity index (χ4n) is 4.28. The number of carbonyl (C=O) groups is 1. The van der Waals surface area contributed by atoms with E-state index in [1.54, 1.807) is 6.26 Å². The fraction of sp³-hybridized carbons (Fsp3) is 0.259. The number of hydrogen-bond acceptors (Lipinski definition) is 5. The molecule has 2 aromatic carbocycles. The SMILES string of the molecule is CC(=O)NCc1cccc(-c2coc3cc(-c4ccc(N5CCN(C)CC5)cc4)cnc23)c1. The van der Waals surface area contributed by atoms with Crippen LogP contribution in [0.2, 0.25) is 0 Å². The van der Waals surface area contributed by atoms with Crippen molar-refractivity contribution in [2.75, 3.05) is 38.1 Å². The molecule has 1 N–H and O–H groups in total. The summed E-state index contributed by atoms with van der Waals surface area (Å²) in [6.45, 7) is 6.34. The number of nitrogens with zero attached hydrogens (tertiary/aromatic N) is 3. The van der Waals surface area contributed by atoms with Gasteiger partial charge in [0.15, 0.2) is 5.58 Å². The molecular formula is C27H28N4O2. The molecule has 1 aliphatic heterocycles. The number of pyridine rings is 1. The van der Waals surface area contributed by atoms with E-state index in [1.807, 2.05) is 24.4 Å². The Labute approximate surface area is 193 Å². The lowest BCUT2D eigenvalue weighted by Gasteiger charge is -2.34. The predicted molar refractivity (Wildman–Crippen MR) is 132 cm³/mol. The maximum absolute atomic E-state index is 11.2. The molecule has 33 heavy (non-hydrogen) atoms. The van der Waals surface area contributed by atoms with E-state index in [9.17, 15) is 4.79 Å². The maximum Gasteiger partial charge on any atom is 0.217 e. The van der Waals surface area contributed by atoms with Crippen LogP contribution in [0.25, 0.3) is 33.4 Å². The Hall–Kier alpha value is -3.64. The summed E-state index contributed by atoms with van der Waals surface area (Å²) >= 11 is 0. The van der Waals surface area contributed by atoms with Crippen LogP contribution in [0.5, 0.6) is 0 Å². The molecule has 2 aromatic heterocycles. The first kappa shape index (κ1) is 21.2. The molecule has 5 rings (SSSR count). The van der Waals surface area contributed by atoms with Crippen molar-refractivity contribution in [3.63, 3.8) is 0 Å². The van der Waals surface area contributed by atoms with Gasteiger partial charge < -0.3 is 19.5 Å². The molecule has 3 heterocycles. The minimum Gasteiger partial charge on any atom is -0.462 e. The van der Waals surface area contributed by atoms with Crippen LogP contribution in [-0.2, 0) is 11.3 Å². The highest BCUT2D eigenvalue weighted by atomic mass is 16.3. The second kappa shape index (κ2) is 9.08. The molecule has 0 radical (unpaired) electrons. The van der Waals surface area contributed by atoms with Crippen molar-refractivity contribution in [3.05, 3.63) is 72.6 Å². The minimum absolute atomic E-state index is 0.0417. The topological polar surface area (TPSA) is 61.6 Å². The van der Waals surface area contributed by atoms with Crippen molar-refractivity contribution < 1.29 is 9.21 Å². The normalized spacial score (nSPS) is 14.5. The van der Waals surface area contributed by atoms with Gasteiger partial charge in [-0.05, 0) is 48.0 Å². The largest absolute Gasteiger partial charge is 0.462 e. The lowest BCUT2D eigenvalue weighted by Crippen LogP contribution is -2.44. The molecule has 0 atom stereocenters. The first-order chi connectivity index (χ1) is 16.1. The highest BCUT2D eigenvalue weighted by molar-refractivity contribution is 5.92. The average molecular weight is 441 g/mol. The molecule has 6 nitrogen and oxygen atoms in total. The smallest absolute Gasteiger partial charge is 0.217 e. The van der Waals surface area contributed by atoms with Crippen LogP contribution in [0.4, 0.5) is 5.69 Å². The van der Waals surface area contributed by atoms with E-state index in [-0.39, 0.29) is 5.91 Å². The number of amides is 1. The molecule has 0 aliphatic carbocycles. The van der Waals surface area contributed by atoms with Crippen molar-refractivity contribution in [2.24, 2.45) is 0 Å². The first-order valence-corrected chi connectivity index (χ1v) is 11.3. The number of piperazine rings is 1. The summed E-state index contributed by atoms with van der Waals surface area (Å²) in [4.78, 5) is 20.8. The third kappa shape index (κ3) is 4.61. The zero-order valence-electron chi connectivity index (χ0n) is 19.0. The van der Waals surface area contributed by atoms with E-state index < -0.39 is 0 Å². The lowest BCUT2D eigenvalue weighted by molar-refractivity contribution is -0.119. The monoisotopic (exact) mass is 440 g/mol. The number of rotatable bonds is 5. The number of aromatic nitrogens is 1. The van der Waals surface area contributed by atoms with Crippen molar-refractivity contribution in [1.29, 1.82) is 0 Å². The van der Waals surface area contributed by atoms with Gasteiger partial charge in [-0.15, -0.1) is 0 Å². The minimum atomic E-state index is -0.0417. The Morgan fingerprint density at radius 2 is 1.79 bits per heavy atom. The molecule has 6 heteroatoms. The summed E-state index contributed by atoms with van der Waals surface area (Å²) in [6, 6.07) is 18.8. The van der Waals surface area contributed by atoms with Crippen LogP contribution in [0.1, 0.15) is 12.5 Å². The zero-order valence-corrected chi connectivity index (χ0v) is 19.0. The number of likely N-dealkylation sites (N-methyl/N-ethyl adjacent to an activating group) is 1. The summed E-state index contributed by atoms with van der Waals surface area (Å²) in [5.41, 5.74) is 8.03. The Kier molecular flexibility index (Phi) is 5.84. The number of furan rings is 1. The van der Waals surface area contributed by atoms with E-state index in [0.717, 1.165) is 65.1 Å². The Bertz CT molecular complexity index is 1270. The van der Waals surface area contributed by atoms with E-state index in [4.69, 9.17) is 9.40 Å². The van der Waals surface area contributed by atoms with Crippen molar-refractivity contribution in [2.45, 2.75) is 13.5 Å². The molecule has 0 bridgehead atoms. The van der Waals surface area contributed by atoms with Crippen LogP contribution < -0.4 is 10.2 Å². The molecule has 0 unspecified atom stereocenters. The van der Waals surface area contributed by atoms with Crippen LogP contribution >= 0.6 is 0 Å². The van der Waals surface area contributed by atoms with Crippen LogP contribution in [0.15, 0.2) is 71.5 Å². The highest BCUT2D eigenvalue weighted by Crippen LogP contribution is 2.32. The van der Waals surface area contributed by atoms with Gasteiger partial charge in [0.05, 0.1) is 0 Å². The second-order valence-electron chi connectivity index (χ2n) is 8.67. The van der Waals surface area contributed by atoms with E-state index in [0.29, 0.717) is 6.54 Å². The quantitative estimate of drug-likeness (QED) is 0.493. The first-order valence-electron chi connectivity index (χ1n) is 11.3. The van der Waals surface area contributed by atoms with Crippen molar-refractivity contribution in [3.8, 4) is 22.3 Å². The van der Waals surface area contributed by atoms with Gasteiger partial charge in [0.25, 0.3) is 0 Å². The van der Waals surface area contributed by atoms with Gasteiger partial charge in [-0.25, -0.2) is 0 Å². The van der Waals surface area contributed by atoms with E-state index in [1.165, 1.54) is 12.6 Å². The third-order valence-corrected chi connectivity index (χ3v) is 6.26. The molecule has 1 aliphatic rings. The fourth-order valence-corrected chi connectivity index (χ4v) is 4.28. The Morgan fingerprint density at radius 3 is 2.55 bits per heavy atom. The number of fused-ring (bicyclic) bond motifs is 1. The number of nitrogens with one attached hydrogen (secondary N) is 1. The summed E-state index contributed by atoms with van der Waals surface area (Å²) in [5.74, 6) is -0.0417. The van der Waals surface area contributed by atoms with E-state index >= 15 is 0 Å². The Morgan fingerprint density at radius 1 is 1.00 bits per heavy atom. The number of carbonyl (C=O) groups excluding carboxylic acids is 1. The molecule has 1 fully saturated rings. The van der Waals surface area contributed by atoms with Crippen LogP contribution in [-0.4, -0.2) is 49.0 Å².